The fourth-order valence-electron chi connectivity index (χ4n) is 2.22. The van der Waals surface area contributed by atoms with E-state index in [1.807, 2.05) is 0 Å². The number of carbonyl (C=O) groups excluding carboxylic acids is 1. The Morgan fingerprint density at radius 2 is 2.19 bits per heavy atom. The number of carbonyl (C=O) groups is 1. The van der Waals surface area contributed by atoms with Crippen molar-refractivity contribution in [2.45, 2.75) is 33.2 Å². The molecule has 1 aliphatic rings. The summed E-state index contributed by atoms with van der Waals surface area (Å²) >= 11 is 0. The minimum absolute atomic E-state index is 0.0262. The van der Waals surface area contributed by atoms with Gasteiger partial charge in [-0.1, -0.05) is 20.8 Å². The van der Waals surface area contributed by atoms with Gasteiger partial charge in [-0.3, -0.25) is 4.79 Å². The van der Waals surface area contributed by atoms with Gasteiger partial charge in [0.1, 0.15) is 0 Å². The van der Waals surface area contributed by atoms with Crippen LogP contribution in [0.4, 0.5) is 0 Å². The van der Waals surface area contributed by atoms with Crippen LogP contribution in [-0.2, 0) is 4.79 Å². The zero-order chi connectivity index (χ0) is 12.1. The predicted molar refractivity (Wildman–Crippen MR) is 64.0 cm³/mol. The predicted octanol–water partition coefficient (Wildman–Crippen LogP) is 0.365. The number of amides is 1. The SMILES string of the molecule is CC(C)CC(CO)NC(=O)C1CNCC1C. The Bertz CT molecular complexity index is 231. The van der Waals surface area contributed by atoms with Crippen molar-refractivity contribution < 1.29 is 9.90 Å². The highest BCUT2D eigenvalue weighted by atomic mass is 16.3. The summed E-state index contributed by atoms with van der Waals surface area (Å²) in [4.78, 5) is 11.9. The molecule has 4 heteroatoms. The Morgan fingerprint density at radius 1 is 1.50 bits per heavy atom. The van der Waals surface area contributed by atoms with E-state index in [1.54, 1.807) is 0 Å². The Hall–Kier alpha value is -0.610. The summed E-state index contributed by atoms with van der Waals surface area (Å²) in [6.07, 6.45) is 0.830. The molecule has 0 aromatic carbocycles. The molecule has 16 heavy (non-hydrogen) atoms. The number of rotatable bonds is 5. The van der Waals surface area contributed by atoms with E-state index in [9.17, 15) is 9.90 Å². The first-order chi connectivity index (χ1) is 7.54. The van der Waals surface area contributed by atoms with Crippen molar-refractivity contribution in [2.24, 2.45) is 17.8 Å². The van der Waals surface area contributed by atoms with E-state index in [4.69, 9.17) is 0 Å². The van der Waals surface area contributed by atoms with Crippen LogP contribution in [0.5, 0.6) is 0 Å². The first-order valence-corrected chi connectivity index (χ1v) is 6.16. The molecule has 1 fully saturated rings. The highest BCUT2D eigenvalue weighted by molar-refractivity contribution is 5.79. The lowest BCUT2D eigenvalue weighted by atomic mass is 9.96. The van der Waals surface area contributed by atoms with Crippen molar-refractivity contribution in [1.29, 1.82) is 0 Å². The van der Waals surface area contributed by atoms with E-state index >= 15 is 0 Å². The van der Waals surface area contributed by atoms with Crippen LogP contribution in [0.15, 0.2) is 0 Å². The van der Waals surface area contributed by atoms with E-state index in [2.05, 4.69) is 31.4 Å². The van der Waals surface area contributed by atoms with Gasteiger partial charge in [-0.2, -0.15) is 0 Å². The largest absolute Gasteiger partial charge is 0.394 e. The fraction of sp³-hybridized carbons (Fsp3) is 0.917. The lowest BCUT2D eigenvalue weighted by Crippen LogP contribution is -2.43. The van der Waals surface area contributed by atoms with Crippen LogP contribution >= 0.6 is 0 Å². The van der Waals surface area contributed by atoms with Gasteiger partial charge >= 0.3 is 0 Å². The molecular formula is C12H24N2O2. The van der Waals surface area contributed by atoms with E-state index in [-0.39, 0.29) is 24.5 Å². The molecule has 0 aromatic rings. The standard InChI is InChI=1S/C12H24N2O2/c1-8(2)4-10(7-15)14-12(16)11-6-13-5-9(11)3/h8-11,13,15H,4-7H2,1-3H3,(H,14,16). The van der Waals surface area contributed by atoms with Gasteiger partial charge in [0.25, 0.3) is 0 Å². The monoisotopic (exact) mass is 228 g/mol. The van der Waals surface area contributed by atoms with E-state index in [1.165, 1.54) is 0 Å². The molecule has 3 atom stereocenters. The Morgan fingerprint density at radius 3 is 2.62 bits per heavy atom. The molecule has 0 aromatic heterocycles. The summed E-state index contributed by atoms with van der Waals surface area (Å²) in [6, 6.07) is -0.0969. The summed E-state index contributed by atoms with van der Waals surface area (Å²) < 4.78 is 0. The van der Waals surface area contributed by atoms with Gasteiger partial charge in [0, 0.05) is 6.54 Å². The van der Waals surface area contributed by atoms with Gasteiger partial charge < -0.3 is 15.7 Å². The molecule has 0 aliphatic carbocycles. The Kier molecular flexibility index (Phi) is 5.22. The summed E-state index contributed by atoms with van der Waals surface area (Å²) in [6.45, 7) is 7.96. The average molecular weight is 228 g/mol. The summed E-state index contributed by atoms with van der Waals surface area (Å²) in [5.41, 5.74) is 0. The Balaban J connectivity index is 2.42. The van der Waals surface area contributed by atoms with Gasteiger partial charge in [-0.25, -0.2) is 0 Å². The maximum atomic E-state index is 11.9. The van der Waals surface area contributed by atoms with E-state index in [0.717, 1.165) is 19.5 Å². The number of nitrogens with one attached hydrogen (secondary N) is 2. The molecule has 0 radical (unpaired) electrons. The molecule has 1 rings (SSSR count). The molecule has 1 saturated heterocycles. The average Bonchev–Trinajstić information content (AvgIpc) is 2.62. The number of hydrogen-bond donors (Lipinski definition) is 3. The first-order valence-electron chi connectivity index (χ1n) is 6.16. The highest BCUT2D eigenvalue weighted by Gasteiger charge is 2.30. The maximum Gasteiger partial charge on any atom is 0.225 e. The second kappa shape index (κ2) is 6.21. The lowest BCUT2D eigenvalue weighted by molar-refractivity contribution is -0.126. The van der Waals surface area contributed by atoms with Gasteiger partial charge in [0.2, 0.25) is 5.91 Å². The molecule has 0 saturated carbocycles. The van der Waals surface area contributed by atoms with Crippen molar-refractivity contribution in [3.8, 4) is 0 Å². The third-order valence-electron chi connectivity index (χ3n) is 3.18. The highest BCUT2D eigenvalue weighted by Crippen LogP contribution is 2.16. The molecule has 94 valence electrons. The third-order valence-corrected chi connectivity index (χ3v) is 3.18. The van der Waals surface area contributed by atoms with Crippen molar-refractivity contribution in [3.63, 3.8) is 0 Å². The number of aliphatic hydroxyl groups excluding tert-OH is 1. The van der Waals surface area contributed by atoms with Crippen LogP contribution in [-0.4, -0.2) is 36.8 Å². The maximum absolute atomic E-state index is 11.9. The van der Waals surface area contributed by atoms with Crippen molar-refractivity contribution >= 4 is 5.91 Å². The van der Waals surface area contributed by atoms with Crippen molar-refractivity contribution in [2.75, 3.05) is 19.7 Å². The molecule has 1 amide bonds. The lowest BCUT2D eigenvalue weighted by Gasteiger charge is -2.21. The summed E-state index contributed by atoms with van der Waals surface area (Å²) in [5.74, 6) is 1.01. The molecular weight excluding hydrogens is 204 g/mol. The second-order valence-electron chi connectivity index (χ2n) is 5.26. The van der Waals surface area contributed by atoms with Crippen molar-refractivity contribution in [3.05, 3.63) is 0 Å². The van der Waals surface area contributed by atoms with Gasteiger partial charge in [-0.15, -0.1) is 0 Å². The van der Waals surface area contributed by atoms with Crippen LogP contribution in [0.25, 0.3) is 0 Å². The molecule has 0 spiro atoms. The number of aliphatic hydroxyl groups is 1. The minimum atomic E-state index is -0.0969. The van der Waals surface area contributed by atoms with Crippen molar-refractivity contribution in [1.82, 2.24) is 10.6 Å². The number of hydrogen-bond acceptors (Lipinski definition) is 3. The van der Waals surface area contributed by atoms with E-state index < -0.39 is 0 Å². The topological polar surface area (TPSA) is 61.4 Å². The minimum Gasteiger partial charge on any atom is -0.394 e. The van der Waals surface area contributed by atoms with Gasteiger partial charge in [-0.05, 0) is 24.8 Å². The fourth-order valence-corrected chi connectivity index (χ4v) is 2.22. The smallest absolute Gasteiger partial charge is 0.225 e. The van der Waals surface area contributed by atoms with Crippen LogP contribution in [0.2, 0.25) is 0 Å². The van der Waals surface area contributed by atoms with E-state index in [0.29, 0.717) is 11.8 Å². The zero-order valence-corrected chi connectivity index (χ0v) is 10.5. The third kappa shape index (κ3) is 3.76. The van der Waals surface area contributed by atoms with Crippen LogP contribution < -0.4 is 10.6 Å². The molecule has 3 N–H and O–H groups in total. The first kappa shape index (κ1) is 13.5. The molecule has 1 heterocycles. The molecule has 1 aliphatic heterocycles. The second-order valence-corrected chi connectivity index (χ2v) is 5.26. The summed E-state index contributed by atoms with van der Waals surface area (Å²) in [5, 5.41) is 15.4. The van der Waals surface area contributed by atoms with Crippen LogP contribution in [0, 0.1) is 17.8 Å². The summed E-state index contributed by atoms with van der Waals surface area (Å²) in [7, 11) is 0. The zero-order valence-electron chi connectivity index (χ0n) is 10.5. The quantitative estimate of drug-likeness (QED) is 0.637. The molecule has 4 nitrogen and oxygen atoms in total. The van der Waals surface area contributed by atoms with Gasteiger partial charge in [0.05, 0.1) is 18.6 Å². The normalized spacial score (nSPS) is 27.1. The molecule has 3 unspecified atom stereocenters. The Labute approximate surface area is 97.8 Å². The molecule has 0 bridgehead atoms. The van der Waals surface area contributed by atoms with Crippen LogP contribution in [0.3, 0.4) is 0 Å². The van der Waals surface area contributed by atoms with Crippen LogP contribution in [0.1, 0.15) is 27.2 Å². The van der Waals surface area contributed by atoms with Gasteiger partial charge in [0.15, 0.2) is 0 Å².